The van der Waals surface area contributed by atoms with Crippen molar-refractivity contribution in [3.8, 4) is 0 Å². The first-order valence-corrected chi connectivity index (χ1v) is 7.08. The van der Waals surface area contributed by atoms with E-state index in [0.29, 0.717) is 0 Å². The van der Waals surface area contributed by atoms with Crippen molar-refractivity contribution in [1.82, 2.24) is 5.32 Å². The van der Waals surface area contributed by atoms with E-state index in [4.69, 9.17) is 0 Å². The summed E-state index contributed by atoms with van der Waals surface area (Å²) in [6.07, 6.45) is 0.0738. The third kappa shape index (κ3) is 2.10. The summed E-state index contributed by atoms with van der Waals surface area (Å²) in [4.78, 5) is 35.6. The van der Waals surface area contributed by atoms with Gasteiger partial charge in [0.05, 0.1) is 16.7 Å². The van der Waals surface area contributed by atoms with Gasteiger partial charge in [-0.05, 0) is 26.7 Å². The highest BCUT2D eigenvalue weighted by Gasteiger charge is 2.68. The van der Waals surface area contributed by atoms with Crippen molar-refractivity contribution in [2.75, 3.05) is 0 Å². The minimum absolute atomic E-state index is 0.0369. The highest BCUT2D eigenvalue weighted by atomic mass is 16.4. The summed E-state index contributed by atoms with van der Waals surface area (Å²) in [5.74, 6) is -5.42. The number of nitrogens with one attached hydrogen (secondary N) is 1. The number of carboxylic acids is 3. The lowest BCUT2D eigenvalue weighted by atomic mass is 9.52. The Balaban J connectivity index is 3.70. The average molecular weight is 301 g/mol. The van der Waals surface area contributed by atoms with Crippen molar-refractivity contribution >= 4 is 17.9 Å². The van der Waals surface area contributed by atoms with Crippen molar-refractivity contribution in [1.29, 1.82) is 0 Å². The third-order valence-electron chi connectivity index (χ3n) is 5.29. The maximum Gasteiger partial charge on any atom is 0.312 e. The summed E-state index contributed by atoms with van der Waals surface area (Å²) in [5.41, 5.74) is -3.32. The van der Waals surface area contributed by atoms with E-state index in [0.717, 1.165) is 0 Å². The number of carboxylic acid groups (broad SMARTS) is 3. The molecular weight excluding hydrogens is 278 g/mol. The van der Waals surface area contributed by atoms with Gasteiger partial charge in [0, 0.05) is 12.1 Å². The van der Waals surface area contributed by atoms with Crippen molar-refractivity contribution in [2.45, 2.75) is 52.6 Å². The number of carbonyl (C=O) groups is 3. The van der Waals surface area contributed by atoms with Crippen LogP contribution in [0.3, 0.4) is 0 Å². The van der Waals surface area contributed by atoms with Gasteiger partial charge in [-0.2, -0.15) is 0 Å². The Kier molecular flexibility index (Phi) is 4.67. The van der Waals surface area contributed by atoms with Gasteiger partial charge in [-0.15, -0.1) is 0 Å². The summed E-state index contributed by atoms with van der Waals surface area (Å²) >= 11 is 0. The van der Waals surface area contributed by atoms with Crippen LogP contribution in [0.4, 0.5) is 0 Å². The predicted octanol–water partition coefficient (Wildman–Crippen LogP) is 1.03. The van der Waals surface area contributed by atoms with Crippen LogP contribution in [0.1, 0.15) is 40.5 Å². The molecule has 1 aliphatic rings. The van der Waals surface area contributed by atoms with Crippen LogP contribution in [0.5, 0.6) is 0 Å². The first-order chi connectivity index (χ1) is 9.62. The van der Waals surface area contributed by atoms with E-state index in [9.17, 15) is 29.7 Å². The zero-order chi connectivity index (χ0) is 16.6. The lowest BCUT2D eigenvalue weighted by Gasteiger charge is -2.55. The lowest BCUT2D eigenvalue weighted by Crippen LogP contribution is -2.72. The molecule has 0 aromatic carbocycles. The molecule has 0 aromatic rings. The molecule has 4 unspecified atom stereocenters. The number of hydrogen-bond donors (Lipinski definition) is 4. The fraction of sp³-hybridized carbons (Fsp3) is 0.786. The van der Waals surface area contributed by atoms with Gasteiger partial charge in [-0.25, -0.2) is 0 Å². The molecule has 21 heavy (non-hydrogen) atoms. The standard InChI is InChI=1S/C14H23NO6/c1-5-13(11(18)19)7(3)15-8(4)14(6-2,12(20)21)9(13)10(16)17/h7-9,15H,5-6H2,1-4H3,(H,16,17)(H,18,19)(H,20,21). The fourth-order valence-electron chi connectivity index (χ4n) is 4.01. The molecule has 1 aliphatic heterocycles. The Morgan fingerprint density at radius 2 is 1.24 bits per heavy atom. The zero-order valence-electron chi connectivity index (χ0n) is 12.7. The maximum atomic E-state index is 11.9. The summed E-state index contributed by atoms with van der Waals surface area (Å²) in [6.45, 7) is 6.37. The molecule has 1 saturated heterocycles. The minimum atomic E-state index is -1.66. The van der Waals surface area contributed by atoms with Gasteiger partial charge in [-0.1, -0.05) is 13.8 Å². The van der Waals surface area contributed by atoms with Crippen molar-refractivity contribution in [3.05, 3.63) is 0 Å². The van der Waals surface area contributed by atoms with E-state index >= 15 is 0 Å². The molecule has 0 radical (unpaired) electrons. The molecule has 0 amide bonds. The molecule has 0 aromatic heterocycles. The van der Waals surface area contributed by atoms with Gasteiger partial charge in [0.25, 0.3) is 0 Å². The highest BCUT2D eigenvalue weighted by Crippen LogP contribution is 2.53. The SMILES string of the molecule is CCC1(C(=O)O)C(C)NC(C)C(CC)(C(=O)O)C1C(=O)O. The van der Waals surface area contributed by atoms with Crippen LogP contribution in [-0.4, -0.2) is 45.3 Å². The van der Waals surface area contributed by atoms with E-state index < -0.39 is 46.7 Å². The highest BCUT2D eigenvalue weighted by molar-refractivity contribution is 5.91. The Labute approximate surface area is 123 Å². The van der Waals surface area contributed by atoms with Crippen LogP contribution < -0.4 is 5.32 Å². The zero-order valence-corrected chi connectivity index (χ0v) is 12.7. The molecule has 7 nitrogen and oxygen atoms in total. The molecule has 4 N–H and O–H groups in total. The molecule has 1 heterocycles. The van der Waals surface area contributed by atoms with Crippen LogP contribution >= 0.6 is 0 Å². The van der Waals surface area contributed by atoms with Gasteiger partial charge < -0.3 is 20.6 Å². The minimum Gasteiger partial charge on any atom is -0.481 e. The first-order valence-electron chi connectivity index (χ1n) is 7.08. The Morgan fingerprint density at radius 1 is 0.905 bits per heavy atom. The number of hydrogen-bond acceptors (Lipinski definition) is 4. The molecule has 0 spiro atoms. The van der Waals surface area contributed by atoms with Gasteiger partial charge in [-0.3, -0.25) is 14.4 Å². The van der Waals surface area contributed by atoms with Gasteiger partial charge in [0.15, 0.2) is 0 Å². The Bertz CT molecular complexity index is 430. The number of piperidine rings is 1. The average Bonchev–Trinajstić information content (AvgIpc) is 2.37. The smallest absolute Gasteiger partial charge is 0.312 e. The van der Waals surface area contributed by atoms with E-state index in [1.165, 1.54) is 0 Å². The molecule has 120 valence electrons. The summed E-state index contributed by atoms with van der Waals surface area (Å²) in [5, 5.41) is 32.0. The second-order valence-corrected chi connectivity index (χ2v) is 5.78. The second-order valence-electron chi connectivity index (χ2n) is 5.78. The Morgan fingerprint density at radius 3 is 1.43 bits per heavy atom. The first kappa shape index (κ1) is 17.4. The summed E-state index contributed by atoms with van der Waals surface area (Å²) < 4.78 is 0. The largest absolute Gasteiger partial charge is 0.481 e. The predicted molar refractivity (Wildman–Crippen MR) is 73.9 cm³/mol. The maximum absolute atomic E-state index is 11.9. The monoisotopic (exact) mass is 301 g/mol. The quantitative estimate of drug-likeness (QED) is 0.597. The molecule has 0 bridgehead atoms. The Hall–Kier alpha value is -1.63. The topological polar surface area (TPSA) is 124 Å². The second kappa shape index (κ2) is 5.63. The molecule has 7 heteroatoms. The van der Waals surface area contributed by atoms with Crippen LogP contribution in [0.2, 0.25) is 0 Å². The van der Waals surface area contributed by atoms with E-state index in [1.54, 1.807) is 27.7 Å². The van der Waals surface area contributed by atoms with Crippen LogP contribution in [0.15, 0.2) is 0 Å². The van der Waals surface area contributed by atoms with Gasteiger partial charge in [0.1, 0.15) is 0 Å². The fourth-order valence-corrected chi connectivity index (χ4v) is 4.01. The lowest BCUT2D eigenvalue weighted by molar-refractivity contribution is -0.193. The van der Waals surface area contributed by atoms with Crippen molar-refractivity contribution in [2.24, 2.45) is 16.7 Å². The number of aliphatic carboxylic acids is 3. The summed E-state index contributed by atoms with van der Waals surface area (Å²) in [6, 6.07) is -1.29. The molecule has 4 atom stereocenters. The van der Waals surface area contributed by atoms with Crippen LogP contribution in [-0.2, 0) is 14.4 Å². The molecular formula is C14H23NO6. The normalized spacial score (nSPS) is 39.7. The van der Waals surface area contributed by atoms with Crippen molar-refractivity contribution < 1.29 is 29.7 Å². The molecule has 1 rings (SSSR count). The third-order valence-corrected chi connectivity index (χ3v) is 5.29. The van der Waals surface area contributed by atoms with Crippen molar-refractivity contribution in [3.63, 3.8) is 0 Å². The summed E-state index contributed by atoms with van der Waals surface area (Å²) in [7, 11) is 0. The molecule has 0 aliphatic carbocycles. The number of rotatable bonds is 5. The van der Waals surface area contributed by atoms with Gasteiger partial charge in [0.2, 0.25) is 0 Å². The van der Waals surface area contributed by atoms with Crippen LogP contribution in [0.25, 0.3) is 0 Å². The van der Waals surface area contributed by atoms with Gasteiger partial charge >= 0.3 is 17.9 Å². The molecule has 1 fully saturated rings. The molecule has 0 saturated carbocycles. The van der Waals surface area contributed by atoms with E-state index in [1.807, 2.05) is 0 Å². The van der Waals surface area contributed by atoms with E-state index in [-0.39, 0.29) is 12.8 Å². The van der Waals surface area contributed by atoms with Crippen LogP contribution in [0, 0.1) is 16.7 Å². The van der Waals surface area contributed by atoms with E-state index in [2.05, 4.69) is 5.32 Å².